The molecule has 2 aromatic rings. The lowest BCUT2D eigenvalue weighted by Gasteiger charge is -2.18. The molecule has 0 saturated heterocycles. The SMILES string of the molecule is C[C@@H](SCc1ccc(OCc2cc(Cl)cc3c2OC(C)(C)C3)c(F)c1)C(=O)O. The first kappa shape index (κ1) is 20.8. The van der Waals surface area contributed by atoms with Crippen molar-refractivity contribution >= 4 is 29.3 Å². The molecule has 28 heavy (non-hydrogen) atoms. The summed E-state index contributed by atoms with van der Waals surface area (Å²) < 4.78 is 26.1. The Hall–Kier alpha value is -1.92. The molecule has 0 fully saturated rings. The number of hydrogen-bond donors (Lipinski definition) is 1. The maximum absolute atomic E-state index is 14.4. The van der Waals surface area contributed by atoms with Crippen LogP contribution >= 0.6 is 23.4 Å². The standard InChI is InChI=1S/C21H22ClFO4S/c1-12(20(24)25)28-11-13-4-5-18(17(23)6-13)26-10-15-8-16(22)7-14-9-21(2,3)27-19(14)15/h4-8,12H,9-11H2,1-3H3,(H,24,25)/t12-/m1/s1. The van der Waals surface area contributed by atoms with Crippen molar-refractivity contribution in [2.45, 2.75) is 50.4 Å². The van der Waals surface area contributed by atoms with Gasteiger partial charge in [-0.3, -0.25) is 4.79 Å². The molecule has 0 unspecified atom stereocenters. The van der Waals surface area contributed by atoms with E-state index in [4.69, 9.17) is 26.2 Å². The van der Waals surface area contributed by atoms with E-state index in [9.17, 15) is 9.18 Å². The molecular formula is C21H22ClFO4S. The summed E-state index contributed by atoms with van der Waals surface area (Å²) in [6.45, 7) is 5.76. The van der Waals surface area contributed by atoms with E-state index in [1.807, 2.05) is 19.9 Å². The van der Waals surface area contributed by atoms with E-state index in [0.29, 0.717) is 16.3 Å². The summed E-state index contributed by atoms with van der Waals surface area (Å²) in [5.74, 6) is -0.0718. The number of aliphatic carboxylic acids is 1. The van der Waals surface area contributed by atoms with Gasteiger partial charge in [0.2, 0.25) is 0 Å². The molecule has 0 radical (unpaired) electrons. The van der Waals surface area contributed by atoms with E-state index >= 15 is 0 Å². The zero-order valence-corrected chi connectivity index (χ0v) is 17.5. The summed E-state index contributed by atoms with van der Waals surface area (Å²) in [7, 11) is 0. The van der Waals surface area contributed by atoms with Crippen molar-refractivity contribution in [1.29, 1.82) is 0 Å². The molecule has 2 aromatic carbocycles. The molecule has 1 heterocycles. The molecule has 0 aromatic heterocycles. The van der Waals surface area contributed by atoms with E-state index in [2.05, 4.69) is 0 Å². The Morgan fingerprint density at radius 2 is 2.14 bits per heavy atom. The minimum atomic E-state index is -0.884. The zero-order valence-electron chi connectivity index (χ0n) is 15.9. The predicted molar refractivity (Wildman–Crippen MR) is 109 cm³/mol. The van der Waals surface area contributed by atoms with Crippen LogP contribution in [0.2, 0.25) is 5.02 Å². The van der Waals surface area contributed by atoms with E-state index in [0.717, 1.165) is 23.3 Å². The molecule has 0 saturated carbocycles. The number of benzene rings is 2. The molecule has 1 aliphatic heterocycles. The highest BCUT2D eigenvalue weighted by Gasteiger charge is 2.32. The number of fused-ring (bicyclic) bond motifs is 1. The fourth-order valence-corrected chi connectivity index (χ4v) is 4.08. The number of halogens is 2. The van der Waals surface area contributed by atoms with Gasteiger partial charge >= 0.3 is 5.97 Å². The largest absolute Gasteiger partial charge is 0.487 e. The van der Waals surface area contributed by atoms with Gasteiger partial charge in [-0.25, -0.2) is 4.39 Å². The average molecular weight is 425 g/mol. The third-order valence-electron chi connectivity index (χ3n) is 4.43. The summed E-state index contributed by atoms with van der Waals surface area (Å²) in [5.41, 5.74) is 2.20. The van der Waals surface area contributed by atoms with Crippen LogP contribution in [-0.2, 0) is 23.6 Å². The maximum atomic E-state index is 14.4. The van der Waals surface area contributed by atoms with Crippen LogP contribution in [0.4, 0.5) is 4.39 Å². The van der Waals surface area contributed by atoms with Crippen LogP contribution in [-0.4, -0.2) is 21.9 Å². The van der Waals surface area contributed by atoms with Crippen LogP contribution in [0.15, 0.2) is 30.3 Å². The smallest absolute Gasteiger partial charge is 0.316 e. The molecule has 1 atom stereocenters. The Labute approximate surface area is 173 Å². The fraction of sp³-hybridized carbons (Fsp3) is 0.381. The van der Waals surface area contributed by atoms with E-state index in [-0.39, 0.29) is 18.0 Å². The summed E-state index contributed by atoms with van der Waals surface area (Å²) in [4.78, 5) is 10.9. The van der Waals surface area contributed by atoms with Crippen LogP contribution in [0, 0.1) is 5.82 Å². The van der Waals surface area contributed by atoms with Gasteiger partial charge in [0.15, 0.2) is 11.6 Å². The van der Waals surface area contributed by atoms with Crippen molar-refractivity contribution in [2.24, 2.45) is 0 Å². The van der Waals surface area contributed by atoms with Gasteiger partial charge in [-0.15, -0.1) is 11.8 Å². The molecule has 7 heteroatoms. The Bertz CT molecular complexity index is 900. The third kappa shape index (κ3) is 4.92. The lowest BCUT2D eigenvalue weighted by molar-refractivity contribution is -0.136. The Morgan fingerprint density at radius 1 is 1.39 bits per heavy atom. The minimum Gasteiger partial charge on any atom is -0.487 e. The van der Waals surface area contributed by atoms with Crippen LogP contribution in [0.1, 0.15) is 37.5 Å². The Morgan fingerprint density at radius 3 is 2.82 bits per heavy atom. The molecule has 0 aliphatic carbocycles. The first-order valence-corrected chi connectivity index (χ1v) is 10.3. The third-order valence-corrected chi connectivity index (χ3v) is 5.85. The van der Waals surface area contributed by atoms with Gasteiger partial charge < -0.3 is 14.6 Å². The maximum Gasteiger partial charge on any atom is 0.316 e. The zero-order chi connectivity index (χ0) is 20.5. The fourth-order valence-electron chi connectivity index (χ4n) is 3.05. The van der Waals surface area contributed by atoms with Crippen LogP contribution < -0.4 is 9.47 Å². The number of hydrogen-bond acceptors (Lipinski definition) is 4. The van der Waals surface area contributed by atoms with Crippen LogP contribution in [0.3, 0.4) is 0 Å². The first-order chi connectivity index (χ1) is 13.1. The molecular weight excluding hydrogens is 403 g/mol. The number of carbonyl (C=O) groups is 1. The quantitative estimate of drug-likeness (QED) is 0.638. The second-order valence-electron chi connectivity index (χ2n) is 7.44. The van der Waals surface area contributed by atoms with Crippen LogP contribution in [0.5, 0.6) is 11.5 Å². The number of thioether (sulfide) groups is 1. The van der Waals surface area contributed by atoms with Gasteiger partial charge in [0.05, 0.1) is 5.25 Å². The van der Waals surface area contributed by atoms with Crippen LogP contribution in [0.25, 0.3) is 0 Å². The number of carboxylic acids is 1. The summed E-state index contributed by atoms with van der Waals surface area (Å²) in [6, 6.07) is 8.34. The number of carboxylic acid groups (broad SMARTS) is 1. The van der Waals surface area contributed by atoms with Gasteiger partial charge in [0.25, 0.3) is 0 Å². The van der Waals surface area contributed by atoms with Gasteiger partial charge in [-0.05, 0) is 56.2 Å². The normalized spacial score (nSPS) is 15.6. The second-order valence-corrected chi connectivity index (χ2v) is 9.20. The molecule has 0 bridgehead atoms. The molecule has 4 nitrogen and oxygen atoms in total. The van der Waals surface area contributed by atoms with E-state index in [1.54, 1.807) is 25.1 Å². The highest BCUT2D eigenvalue weighted by molar-refractivity contribution is 7.99. The number of rotatable bonds is 7. The molecule has 1 N–H and O–H groups in total. The molecule has 1 aliphatic rings. The van der Waals surface area contributed by atoms with E-state index < -0.39 is 17.0 Å². The van der Waals surface area contributed by atoms with Gasteiger partial charge in [0, 0.05) is 22.8 Å². The Kier molecular flexibility index (Phi) is 6.10. The van der Waals surface area contributed by atoms with Crippen molar-refractivity contribution < 1.29 is 23.8 Å². The molecule has 0 amide bonds. The van der Waals surface area contributed by atoms with Crippen molar-refractivity contribution in [3.8, 4) is 11.5 Å². The lowest BCUT2D eigenvalue weighted by atomic mass is 10.0. The average Bonchev–Trinajstić information content (AvgIpc) is 2.92. The lowest BCUT2D eigenvalue weighted by Crippen LogP contribution is -2.25. The highest BCUT2D eigenvalue weighted by atomic mass is 35.5. The van der Waals surface area contributed by atoms with Gasteiger partial charge in [-0.2, -0.15) is 0 Å². The highest BCUT2D eigenvalue weighted by Crippen LogP contribution is 2.40. The van der Waals surface area contributed by atoms with E-state index in [1.165, 1.54) is 17.8 Å². The van der Waals surface area contributed by atoms with Crippen molar-refractivity contribution in [2.75, 3.05) is 0 Å². The van der Waals surface area contributed by atoms with Crippen molar-refractivity contribution in [3.05, 3.63) is 57.9 Å². The number of ether oxygens (including phenoxy) is 2. The van der Waals surface area contributed by atoms with Gasteiger partial charge in [-0.1, -0.05) is 17.7 Å². The topological polar surface area (TPSA) is 55.8 Å². The first-order valence-electron chi connectivity index (χ1n) is 8.90. The summed E-state index contributed by atoms with van der Waals surface area (Å²) >= 11 is 7.45. The summed E-state index contributed by atoms with van der Waals surface area (Å²) in [6.07, 6.45) is 0.755. The monoisotopic (exact) mass is 424 g/mol. The van der Waals surface area contributed by atoms with Crippen molar-refractivity contribution in [3.63, 3.8) is 0 Å². The molecule has 150 valence electrons. The minimum absolute atomic E-state index is 0.131. The predicted octanol–water partition coefficient (Wildman–Crippen LogP) is 5.48. The molecule has 3 rings (SSSR count). The molecule has 0 spiro atoms. The van der Waals surface area contributed by atoms with Crippen molar-refractivity contribution in [1.82, 2.24) is 0 Å². The second kappa shape index (κ2) is 8.21. The summed E-state index contributed by atoms with van der Waals surface area (Å²) in [5, 5.41) is 8.97. The Balaban J connectivity index is 1.68. The van der Waals surface area contributed by atoms with Gasteiger partial charge in [0.1, 0.15) is 18.0 Å².